The highest BCUT2D eigenvalue weighted by Gasteiger charge is 2.57. The lowest BCUT2D eigenvalue weighted by molar-refractivity contribution is -0.349. The van der Waals surface area contributed by atoms with Gasteiger partial charge in [-0.05, 0) is 0 Å². The smallest absolute Gasteiger partial charge is 0.303 e. The Morgan fingerprint density at radius 3 is 1.40 bits per heavy atom. The van der Waals surface area contributed by atoms with Gasteiger partial charge >= 0.3 is 35.8 Å². The number of nitrogens with one attached hydrogen (secondary N) is 1. The van der Waals surface area contributed by atoms with Gasteiger partial charge in [0, 0.05) is 55.6 Å². The molecule has 2 heterocycles. The highest BCUT2D eigenvalue weighted by Crippen LogP contribution is 2.34. The SMILES string of the molecule is CO[C@@H]1O[C@H](COC(C)=O)[C@@H](O[C@@H]2O[C@H](COC(C)=O)[C@H](OC(C)=O)[C@@H](OC(C)=O)[C@@H]2OC(C)=O)[C@H](OC(C)=O)[C@H]1NC(C)=O. The van der Waals surface area contributed by atoms with Crippen LogP contribution in [0.4, 0.5) is 0 Å². The lowest BCUT2D eigenvalue weighted by atomic mass is 9.94. The Hall–Kier alpha value is -3.87. The van der Waals surface area contributed by atoms with Crippen molar-refractivity contribution < 1.29 is 80.9 Å². The van der Waals surface area contributed by atoms with Crippen LogP contribution in [0.25, 0.3) is 0 Å². The molecule has 18 heteroatoms. The van der Waals surface area contributed by atoms with Gasteiger partial charge in [-0.2, -0.15) is 0 Å². The molecule has 1 amide bonds. The molecule has 45 heavy (non-hydrogen) atoms. The molecule has 2 rings (SSSR count). The largest absolute Gasteiger partial charge is 0.463 e. The van der Waals surface area contributed by atoms with Gasteiger partial charge in [-0.1, -0.05) is 0 Å². The summed E-state index contributed by atoms with van der Waals surface area (Å²) in [6, 6.07) is -1.19. The van der Waals surface area contributed by atoms with Crippen LogP contribution < -0.4 is 5.32 Å². The van der Waals surface area contributed by atoms with E-state index in [1.807, 2.05) is 0 Å². The molecule has 0 aromatic carbocycles. The third kappa shape index (κ3) is 11.2. The van der Waals surface area contributed by atoms with E-state index in [1.54, 1.807) is 0 Å². The lowest BCUT2D eigenvalue weighted by Crippen LogP contribution is -2.69. The zero-order valence-corrected chi connectivity index (χ0v) is 26.1. The molecule has 0 saturated carbocycles. The van der Waals surface area contributed by atoms with Crippen molar-refractivity contribution in [2.24, 2.45) is 0 Å². The van der Waals surface area contributed by atoms with Gasteiger partial charge < -0.3 is 52.7 Å². The zero-order valence-electron chi connectivity index (χ0n) is 26.1. The zero-order chi connectivity index (χ0) is 34.0. The fraction of sp³-hybridized carbons (Fsp3) is 0.741. The standard InChI is InChI=1S/C27H39NO17/c1-11(29)28-20-23(40-15(5)33)21(18(9-37-12(2)30)43-26(20)36-8)45-27-25(42-17(7)35)24(41-16(6)34)22(39-14(4)32)19(44-27)10-38-13(3)31/h18-27H,9-10H2,1-8H3,(H,28,29)/t18-,19-,20-,21-,22+,23-,24-,25+,26-,27+/m1/s1. The van der Waals surface area contributed by atoms with Gasteiger partial charge in [0.1, 0.15) is 37.6 Å². The monoisotopic (exact) mass is 649 g/mol. The van der Waals surface area contributed by atoms with Crippen molar-refractivity contribution in [1.29, 1.82) is 0 Å². The number of carbonyl (C=O) groups is 7. The van der Waals surface area contributed by atoms with Gasteiger partial charge in [-0.3, -0.25) is 33.6 Å². The summed E-state index contributed by atoms with van der Waals surface area (Å²) in [6.07, 6.45) is -13.1. The first-order valence-electron chi connectivity index (χ1n) is 13.8. The van der Waals surface area contributed by atoms with Crippen LogP contribution in [0.3, 0.4) is 0 Å². The van der Waals surface area contributed by atoms with Crippen LogP contribution >= 0.6 is 0 Å². The van der Waals surface area contributed by atoms with E-state index in [1.165, 1.54) is 14.0 Å². The highest BCUT2D eigenvalue weighted by atomic mass is 16.8. The first-order valence-corrected chi connectivity index (χ1v) is 13.8. The van der Waals surface area contributed by atoms with Gasteiger partial charge in [0.05, 0.1) is 0 Å². The van der Waals surface area contributed by atoms with Gasteiger partial charge in [0.15, 0.2) is 37.0 Å². The maximum Gasteiger partial charge on any atom is 0.303 e. The Morgan fingerprint density at radius 2 is 0.956 bits per heavy atom. The minimum atomic E-state index is -1.73. The van der Waals surface area contributed by atoms with Crippen LogP contribution in [0.5, 0.6) is 0 Å². The minimum absolute atomic E-state index is 0.476. The van der Waals surface area contributed by atoms with E-state index in [0.717, 1.165) is 41.5 Å². The summed E-state index contributed by atoms with van der Waals surface area (Å²) in [4.78, 5) is 84.2. The maximum absolute atomic E-state index is 12.3. The second kappa shape index (κ2) is 17.0. The average Bonchev–Trinajstić information content (AvgIpc) is 2.90. The molecule has 2 fully saturated rings. The first kappa shape index (κ1) is 37.3. The topological polar surface area (TPSA) is 224 Å². The molecule has 0 bridgehead atoms. The first-order chi connectivity index (χ1) is 21.0. The fourth-order valence-corrected chi connectivity index (χ4v) is 4.78. The predicted octanol–water partition coefficient (Wildman–Crippen LogP) is -1.17. The third-order valence-corrected chi connectivity index (χ3v) is 6.24. The number of hydrogen-bond acceptors (Lipinski definition) is 17. The summed E-state index contributed by atoms with van der Waals surface area (Å²) in [6.45, 7) is 6.67. The van der Waals surface area contributed by atoms with Gasteiger partial charge in [-0.15, -0.1) is 0 Å². The fourth-order valence-electron chi connectivity index (χ4n) is 4.78. The van der Waals surface area contributed by atoms with Crippen LogP contribution in [-0.4, -0.2) is 123 Å². The number of amides is 1. The maximum atomic E-state index is 12.3. The van der Waals surface area contributed by atoms with E-state index >= 15 is 0 Å². The summed E-state index contributed by atoms with van der Waals surface area (Å²) in [5.74, 6) is -5.41. The van der Waals surface area contributed by atoms with Gasteiger partial charge in [0.25, 0.3) is 0 Å². The quantitative estimate of drug-likeness (QED) is 0.194. The van der Waals surface area contributed by atoms with Gasteiger partial charge in [-0.25, -0.2) is 0 Å². The molecule has 0 unspecified atom stereocenters. The van der Waals surface area contributed by atoms with E-state index in [0.29, 0.717) is 0 Å². The van der Waals surface area contributed by atoms with Crippen LogP contribution in [0.2, 0.25) is 0 Å². The second-order valence-electron chi connectivity index (χ2n) is 10.0. The molecule has 0 radical (unpaired) electrons. The van der Waals surface area contributed by atoms with E-state index in [9.17, 15) is 33.6 Å². The van der Waals surface area contributed by atoms with Crippen molar-refractivity contribution in [3.05, 3.63) is 0 Å². The highest BCUT2D eigenvalue weighted by molar-refractivity contribution is 5.73. The number of methoxy groups -OCH3 is 1. The molecule has 10 atom stereocenters. The number of carbonyl (C=O) groups excluding carboxylic acids is 7. The van der Waals surface area contributed by atoms with Gasteiger partial charge in [0.2, 0.25) is 5.91 Å². The molecular formula is C27H39NO17. The molecule has 0 spiro atoms. The number of esters is 6. The van der Waals surface area contributed by atoms with Crippen molar-refractivity contribution in [2.45, 2.75) is 110 Å². The summed E-state index contributed by atoms with van der Waals surface area (Å²) in [7, 11) is 1.26. The summed E-state index contributed by atoms with van der Waals surface area (Å²) >= 11 is 0. The molecule has 2 aliphatic heterocycles. The van der Waals surface area contributed by atoms with E-state index in [2.05, 4.69) is 5.32 Å². The summed E-state index contributed by atoms with van der Waals surface area (Å²) in [5.41, 5.74) is 0. The summed E-state index contributed by atoms with van der Waals surface area (Å²) < 4.78 is 55.5. The molecule has 0 aliphatic carbocycles. The van der Waals surface area contributed by atoms with Crippen molar-refractivity contribution in [3.63, 3.8) is 0 Å². The van der Waals surface area contributed by atoms with E-state index < -0.39 is 116 Å². The number of hydrogen-bond donors (Lipinski definition) is 1. The second-order valence-corrected chi connectivity index (χ2v) is 10.0. The number of ether oxygens (including phenoxy) is 10. The molecule has 2 aliphatic rings. The molecule has 0 aromatic rings. The third-order valence-electron chi connectivity index (χ3n) is 6.24. The molecule has 2 saturated heterocycles. The Kier molecular flexibility index (Phi) is 14.1. The molecular weight excluding hydrogens is 610 g/mol. The van der Waals surface area contributed by atoms with Crippen molar-refractivity contribution in [2.75, 3.05) is 20.3 Å². The predicted molar refractivity (Wildman–Crippen MR) is 142 cm³/mol. The van der Waals surface area contributed by atoms with E-state index in [-0.39, 0.29) is 0 Å². The molecule has 1 N–H and O–H groups in total. The lowest BCUT2D eigenvalue weighted by Gasteiger charge is -2.49. The van der Waals surface area contributed by atoms with Crippen molar-refractivity contribution in [1.82, 2.24) is 5.32 Å². The van der Waals surface area contributed by atoms with Crippen LogP contribution in [-0.2, 0) is 80.9 Å². The van der Waals surface area contributed by atoms with E-state index in [4.69, 9.17) is 47.4 Å². The van der Waals surface area contributed by atoms with Crippen LogP contribution in [0.1, 0.15) is 48.5 Å². The van der Waals surface area contributed by atoms with Crippen LogP contribution in [0, 0.1) is 0 Å². The summed E-state index contributed by atoms with van der Waals surface area (Å²) in [5, 5.41) is 2.57. The minimum Gasteiger partial charge on any atom is -0.463 e. The molecule has 0 aromatic heterocycles. The Balaban J connectivity index is 2.69. The van der Waals surface area contributed by atoms with Crippen molar-refractivity contribution >= 4 is 41.7 Å². The average molecular weight is 650 g/mol. The Bertz CT molecular complexity index is 1110. The number of rotatable bonds is 12. The van der Waals surface area contributed by atoms with Crippen LogP contribution in [0.15, 0.2) is 0 Å². The Morgan fingerprint density at radius 1 is 0.533 bits per heavy atom. The molecule has 254 valence electrons. The molecule has 18 nitrogen and oxygen atoms in total. The van der Waals surface area contributed by atoms with Crippen molar-refractivity contribution in [3.8, 4) is 0 Å². The normalized spacial score (nSPS) is 31.0. The Labute approximate surface area is 258 Å².